The molecular weight excluding hydrogens is 648 g/mol. The fraction of sp³-hybridized carbons (Fsp3) is 0.622. The normalized spacial score (nSPS) is 20.9. The summed E-state index contributed by atoms with van der Waals surface area (Å²) in [5.41, 5.74) is 0.314. The van der Waals surface area contributed by atoms with Gasteiger partial charge in [0.2, 0.25) is 0 Å². The minimum Gasteiger partial charge on any atom is -0.444 e. The number of nitrogens with zero attached hydrogens (tertiary/aromatic N) is 3. The number of halogens is 1. The molecule has 1 aromatic heterocycles. The number of aryl methyl sites for hydroxylation is 1. The molecule has 0 spiro atoms. The first-order chi connectivity index (χ1) is 22.7. The molecule has 1 aromatic carbocycles. The Morgan fingerprint density at radius 1 is 0.918 bits per heavy atom. The van der Waals surface area contributed by atoms with E-state index in [1.54, 1.807) is 52.5 Å². The van der Waals surface area contributed by atoms with Crippen LogP contribution in [0.15, 0.2) is 36.4 Å². The van der Waals surface area contributed by atoms with Gasteiger partial charge in [0, 0.05) is 41.7 Å². The van der Waals surface area contributed by atoms with Gasteiger partial charge >= 0.3 is 18.3 Å². The fourth-order valence-electron chi connectivity index (χ4n) is 5.77. The highest BCUT2D eigenvalue weighted by Crippen LogP contribution is 2.41. The summed E-state index contributed by atoms with van der Waals surface area (Å²) in [5, 5.41) is 4.32. The molecule has 2 aromatic rings. The summed E-state index contributed by atoms with van der Waals surface area (Å²) >= 11 is 6.19. The Hall–Kier alpha value is -3.41. The zero-order chi connectivity index (χ0) is 36.3. The lowest BCUT2D eigenvalue weighted by Gasteiger charge is -2.28. The maximum Gasteiger partial charge on any atom is 0.425 e. The maximum absolute atomic E-state index is 13.3. The first kappa shape index (κ1) is 38.4. The molecule has 1 saturated carbocycles. The van der Waals surface area contributed by atoms with Crippen molar-refractivity contribution in [2.75, 3.05) is 31.1 Å². The third-order valence-corrected chi connectivity index (χ3v) is 8.04. The number of carbonyl (C=O) groups excluding carboxylic acids is 3. The van der Waals surface area contributed by atoms with E-state index < -0.39 is 35.1 Å². The van der Waals surface area contributed by atoms with Gasteiger partial charge < -0.3 is 29.2 Å². The lowest BCUT2D eigenvalue weighted by Crippen LogP contribution is -2.44. The molecule has 1 N–H and O–H groups in total. The van der Waals surface area contributed by atoms with Crippen LogP contribution in [0.25, 0.3) is 0 Å². The number of imide groups is 1. The SMILES string of the molecule is Cc1cc(C[C@@H]2CN(C(=O)OC(C)(C)C)C[C@@H]2OCCN[C@H]2C[C@@H]2c2cccc(Cl)c2)nc(N(C(=O)OC(C)(C)C)C(=O)OC(C)(C)C)c1. The highest BCUT2D eigenvalue weighted by atomic mass is 35.5. The third kappa shape index (κ3) is 11.9. The molecule has 1 aliphatic heterocycles. The molecule has 2 aliphatic rings. The quantitative estimate of drug-likeness (QED) is 0.208. The van der Waals surface area contributed by atoms with Crippen molar-refractivity contribution in [2.45, 2.75) is 117 Å². The summed E-state index contributed by atoms with van der Waals surface area (Å²) in [6, 6.07) is 11.9. The number of anilines is 1. The van der Waals surface area contributed by atoms with E-state index >= 15 is 0 Å². The number of aromatic nitrogens is 1. The number of pyridine rings is 1. The van der Waals surface area contributed by atoms with E-state index in [0.717, 1.165) is 21.9 Å². The van der Waals surface area contributed by atoms with Crippen molar-refractivity contribution in [3.8, 4) is 0 Å². The zero-order valence-electron chi connectivity index (χ0n) is 30.6. The summed E-state index contributed by atoms with van der Waals surface area (Å²) in [4.78, 5) is 47.0. The van der Waals surface area contributed by atoms with Gasteiger partial charge in [0.25, 0.3) is 0 Å². The number of carbonyl (C=O) groups is 3. The Bertz CT molecular complexity index is 1470. The summed E-state index contributed by atoms with van der Waals surface area (Å²) in [6.07, 6.45) is -0.973. The molecule has 270 valence electrons. The van der Waals surface area contributed by atoms with Gasteiger partial charge in [0.05, 0.1) is 19.3 Å². The van der Waals surface area contributed by atoms with E-state index in [0.29, 0.717) is 50.3 Å². The second-order valence-electron chi connectivity index (χ2n) is 16.0. The van der Waals surface area contributed by atoms with E-state index in [2.05, 4.69) is 11.4 Å². The van der Waals surface area contributed by atoms with Crippen LogP contribution in [0.3, 0.4) is 0 Å². The Labute approximate surface area is 295 Å². The minimum atomic E-state index is -0.884. The molecule has 0 bridgehead atoms. The Morgan fingerprint density at radius 2 is 1.55 bits per heavy atom. The molecule has 3 amide bonds. The van der Waals surface area contributed by atoms with Gasteiger partial charge in [-0.3, -0.25) is 0 Å². The van der Waals surface area contributed by atoms with Crippen molar-refractivity contribution < 1.29 is 33.3 Å². The van der Waals surface area contributed by atoms with E-state index in [1.807, 2.05) is 52.0 Å². The molecule has 2 fully saturated rings. The zero-order valence-corrected chi connectivity index (χ0v) is 31.3. The first-order valence-corrected chi connectivity index (χ1v) is 17.4. The summed E-state index contributed by atoms with van der Waals surface area (Å²) in [6.45, 7) is 19.6. The molecule has 4 atom stereocenters. The molecule has 0 radical (unpaired) electrons. The van der Waals surface area contributed by atoms with Gasteiger partial charge in [-0.2, -0.15) is 4.90 Å². The number of rotatable bonds is 9. The highest BCUT2D eigenvalue weighted by Gasteiger charge is 2.40. The van der Waals surface area contributed by atoms with E-state index in [4.69, 9.17) is 35.5 Å². The summed E-state index contributed by atoms with van der Waals surface area (Å²) in [7, 11) is 0. The second-order valence-corrected chi connectivity index (χ2v) is 16.4. The second kappa shape index (κ2) is 15.2. The lowest BCUT2D eigenvalue weighted by molar-refractivity contribution is 0.0185. The van der Waals surface area contributed by atoms with Crippen molar-refractivity contribution in [3.05, 3.63) is 58.2 Å². The van der Waals surface area contributed by atoms with Crippen molar-refractivity contribution in [1.82, 2.24) is 15.2 Å². The minimum absolute atomic E-state index is 0.0980. The van der Waals surface area contributed by atoms with Gasteiger partial charge in [0.15, 0.2) is 0 Å². The number of benzene rings is 1. The van der Waals surface area contributed by atoms with E-state index in [9.17, 15) is 14.4 Å². The fourth-order valence-corrected chi connectivity index (χ4v) is 5.97. The van der Waals surface area contributed by atoms with Crippen LogP contribution in [-0.2, 0) is 25.4 Å². The lowest BCUT2D eigenvalue weighted by atomic mass is 9.98. The van der Waals surface area contributed by atoms with Crippen LogP contribution in [0.5, 0.6) is 0 Å². The molecule has 1 saturated heterocycles. The van der Waals surface area contributed by atoms with Crippen LogP contribution in [0.1, 0.15) is 91.5 Å². The van der Waals surface area contributed by atoms with Crippen LogP contribution < -0.4 is 10.2 Å². The van der Waals surface area contributed by atoms with Crippen molar-refractivity contribution in [1.29, 1.82) is 0 Å². The molecular formula is C37H53ClN4O7. The molecule has 11 nitrogen and oxygen atoms in total. The summed E-state index contributed by atoms with van der Waals surface area (Å²) < 4.78 is 23.2. The Balaban J connectivity index is 1.49. The maximum atomic E-state index is 13.3. The van der Waals surface area contributed by atoms with Crippen LogP contribution in [0.2, 0.25) is 5.02 Å². The van der Waals surface area contributed by atoms with Crippen molar-refractivity contribution in [2.24, 2.45) is 5.92 Å². The molecule has 2 heterocycles. The molecule has 12 heteroatoms. The number of amides is 3. The van der Waals surface area contributed by atoms with Gasteiger partial charge in [-0.15, -0.1) is 0 Å². The van der Waals surface area contributed by atoms with E-state index in [1.165, 1.54) is 5.56 Å². The van der Waals surface area contributed by atoms with Crippen molar-refractivity contribution >= 4 is 35.7 Å². The number of ether oxygens (including phenoxy) is 4. The Kier molecular flexibility index (Phi) is 11.9. The van der Waals surface area contributed by atoms with Gasteiger partial charge in [-0.25, -0.2) is 19.4 Å². The van der Waals surface area contributed by atoms with Crippen LogP contribution in [-0.4, -0.2) is 83.4 Å². The molecule has 49 heavy (non-hydrogen) atoms. The predicted molar refractivity (Wildman–Crippen MR) is 189 cm³/mol. The van der Waals surface area contributed by atoms with Gasteiger partial charge in [-0.05, 0) is 117 Å². The number of hydrogen-bond acceptors (Lipinski definition) is 9. The molecule has 0 unspecified atom stereocenters. The molecule has 1 aliphatic carbocycles. The smallest absolute Gasteiger partial charge is 0.425 e. The van der Waals surface area contributed by atoms with Crippen LogP contribution >= 0.6 is 11.6 Å². The number of nitrogens with one attached hydrogen (secondary N) is 1. The molecule has 4 rings (SSSR count). The van der Waals surface area contributed by atoms with Gasteiger partial charge in [0.1, 0.15) is 22.6 Å². The summed E-state index contributed by atoms with van der Waals surface area (Å²) in [5.74, 6) is 0.412. The van der Waals surface area contributed by atoms with Crippen molar-refractivity contribution in [3.63, 3.8) is 0 Å². The number of likely N-dealkylation sites (tertiary alicyclic amines) is 1. The number of hydrogen-bond donors (Lipinski definition) is 1. The highest BCUT2D eigenvalue weighted by molar-refractivity contribution is 6.30. The standard InChI is InChI=1S/C37H53ClN4O7/c1-23-16-27(40-31(17-23)42(33(44)48-36(5,6)7)34(45)49-37(8,9)10)19-25-21-41(32(43)47-35(2,3)4)22-30(25)46-15-14-39-29-20-28(29)24-12-11-13-26(38)18-24/h11-13,16-18,25,28-30,39H,14-15,19-22H2,1-10H3/t25-,28-,29+,30+/m1/s1. The van der Waals surface area contributed by atoms with E-state index in [-0.39, 0.29) is 17.8 Å². The van der Waals surface area contributed by atoms with Crippen LogP contribution in [0, 0.1) is 12.8 Å². The largest absolute Gasteiger partial charge is 0.444 e. The average Bonchev–Trinajstić information content (AvgIpc) is 3.59. The third-order valence-electron chi connectivity index (χ3n) is 7.80. The Morgan fingerprint density at radius 3 is 2.14 bits per heavy atom. The van der Waals surface area contributed by atoms with Gasteiger partial charge in [-0.1, -0.05) is 23.7 Å². The monoisotopic (exact) mass is 700 g/mol. The predicted octanol–water partition coefficient (Wildman–Crippen LogP) is 7.66. The average molecular weight is 701 g/mol. The topological polar surface area (TPSA) is 120 Å². The van der Waals surface area contributed by atoms with Crippen LogP contribution in [0.4, 0.5) is 20.2 Å². The first-order valence-electron chi connectivity index (χ1n) is 17.0.